The third kappa shape index (κ3) is 1.94. The molecule has 4 atom stereocenters. The Labute approximate surface area is 70.5 Å². The van der Waals surface area contributed by atoms with Gasteiger partial charge in [-0.1, -0.05) is 6.92 Å². The standard InChI is InChI=1S/C7H14O5/c1-2-4-6(9)12-5(3-8)7(10)11-4/h4-10H,2-3H2,1H3. The Hall–Kier alpha value is -0.200. The zero-order chi connectivity index (χ0) is 9.14. The van der Waals surface area contributed by atoms with Crippen LogP contribution in [0.2, 0.25) is 0 Å². The van der Waals surface area contributed by atoms with Crippen molar-refractivity contribution in [2.45, 2.75) is 38.1 Å². The highest BCUT2D eigenvalue weighted by molar-refractivity contribution is 4.72. The van der Waals surface area contributed by atoms with Gasteiger partial charge in [-0.2, -0.15) is 0 Å². The van der Waals surface area contributed by atoms with Crippen molar-refractivity contribution in [3.8, 4) is 0 Å². The second-order valence-electron chi connectivity index (χ2n) is 2.72. The molecule has 0 amide bonds. The molecule has 0 spiro atoms. The molecular weight excluding hydrogens is 164 g/mol. The van der Waals surface area contributed by atoms with Gasteiger partial charge in [0.05, 0.1) is 6.61 Å². The van der Waals surface area contributed by atoms with E-state index in [1.54, 1.807) is 0 Å². The van der Waals surface area contributed by atoms with Crippen molar-refractivity contribution < 1.29 is 24.8 Å². The SMILES string of the molecule is CCC1OC(O)C(CO)OC1O. The van der Waals surface area contributed by atoms with Crippen LogP contribution in [-0.4, -0.2) is 46.7 Å². The monoisotopic (exact) mass is 178 g/mol. The van der Waals surface area contributed by atoms with E-state index in [1.807, 2.05) is 6.92 Å². The van der Waals surface area contributed by atoms with Gasteiger partial charge in [0.15, 0.2) is 12.6 Å². The van der Waals surface area contributed by atoms with Gasteiger partial charge in [0.1, 0.15) is 12.2 Å². The van der Waals surface area contributed by atoms with Crippen molar-refractivity contribution in [1.82, 2.24) is 0 Å². The molecule has 0 radical (unpaired) electrons. The first kappa shape index (κ1) is 9.88. The van der Waals surface area contributed by atoms with Gasteiger partial charge in [-0.25, -0.2) is 0 Å². The molecule has 12 heavy (non-hydrogen) atoms. The number of hydrogen-bond acceptors (Lipinski definition) is 5. The summed E-state index contributed by atoms with van der Waals surface area (Å²) in [6, 6.07) is 0. The summed E-state index contributed by atoms with van der Waals surface area (Å²) in [7, 11) is 0. The number of ether oxygens (including phenoxy) is 2. The molecule has 1 heterocycles. The Kier molecular flexibility index (Phi) is 3.42. The fourth-order valence-electron chi connectivity index (χ4n) is 1.10. The van der Waals surface area contributed by atoms with E-state index in [9.17, 15) is 5.11 Å². The van der Waals surface area contributed by atoms with Crippen LogP contribution in [0.3, 0.4) is 0 Å². The lowest BCUT2D eigenvalue weighted by Gasteiger charge is -2.35. The molecule has 0 saturated carbocycles. The van der Waals surface area contributed by atoms with Crippen molar-refractivity contribution in [3.05, 3.63) is 0 Å². The van der Waals surface area contributed by atoms with Crippen molar-refractivity contribution in [3.63, 3.8) is 0 Å². The number of rotatable bonds is 2. The Morgan fingerprint density at radius 2 is 1.58 bits per heavy atom. The summed E-state index contributed by atoms with van der Waals surface area (Å²) >= 11 is 0. The van der Waals surface area contributed by atoms with Gasteiger partial charge >= 0.3 is 0 Å². The van der Waals surface area contributed by atoms with Gasteiger partial charge in [-0.05, 0) is 6.42 Å². The maximum Gasteiger partial charge on any atom is 0.184 e. The van der Waals surface area contributed by atoms with Crippen LogP contribution in [0.5, 0.6) is 0 Å². The quantitative estimate of drug-likeness (QED) is 0.495. The van der Waals surface area contributed by atoms with Crippen molar-refractivity contribution in [1.29, 1.82) is 0 Å². The highest BCUT2D eigenvalue weighted by Gasteiger charge is 2.35. The van der Waals surface area contributed by atoms with Crippen molar-refractivity contribution in [2.75, 3.05) is 6.61 Å². The largest absolute Gasteiger partial charge is 0.393 e. The van der Waals surface area contributed by atoms with E-state index in [2.05, 4.69) is 0 Å². The Bertz CT molecular complexity index is 124. The molecule has 5 nitrogen and oxygen atoms in total. The van der Waals surface area contributed by atoms with Gasteiger partial charge in [-0.3, -0.25) is 0 Å². The fraction of sp³-hybridized carbons (Fsp3) is 1.00. The third-order valence-electron chi connectivity index (χ3n) is 1.85. The molecule has 1 aliphatic heterocycles. The summed E-state index contributed by atoms with van der Waals surface area (Å²) in [4.78, 5) is 0. The molecule has 0 aromatic carbocycles. The lowest BCUT2D eigenvalue weighted by atomic mass is 10.2. The first-order valence-corrected chi connectivity index (χ1v) is 3.97. The highest BCUT2D eigenvalue weighted by Crippen LogP contribution is 2.19. The van der Waals surface area contributed by atoms with Crippen LogP contribution in [0.4, 0.5) is 0 Å². The molecule has 1 saturated heterocycles. The molecular formula is C7H14O5. The minimum Gasteiger partial charge on any atom is -0.393 e. The first-order chi connectivity index (χ1) is 5.69. The Morgan fingerprint density at radius 1 is 1.08 bits per heavy atom. The van der Waals surface area contributed by atoms with Crippen LogP contribution in [0.15, 0.2) is 0 Å². The van der Waals surface area contributed by atoms with E-state index in [4.69, 9.17) is 19.7 Å². The lowest BCUT2D eigenvalue weighted by molar-refractivity contribution is -0.334. The molecule has 1 rings (SSSR count). The number of hydrogen-bond donors (Lipinski definition) is 3. The predicted octanol–water partition coefficient (Wildman–Crippen LogP) is -1.19. The average molecular weight is 178 g/mol. The minimum absolute atomic E-state index is 0.366. The van der Waals surface area contributed by atoms with E-state index < -0.39 is 24.8 Å². The minimum atomic E-state index is -1.15. The highest BCUT2D eigenvalue weighted by atomic mass is 16.7. The first-order valence-electron chi connectivity index (χ1n) is 3.97. The van der Waals surface area contributed by atoms with Crippen LogP contribution < -0.4 is 0 Å². The molecule has 5 heteroatoms. The van der Waals surface area contributed by atoms with Gasteiger partial charge in [0.25, 0.3) is 0 Å². The van der Waals surface area contributed by atoms with Crippen LogP contribution in [0.25, 0.3) is 0 Å². The van der Waals surface area contributed by atoms with E-state index in [0.29, 0.717) is 6.42 Å². The Morgan fingerprint density at radius 3 is 2.08 bits per heavy atom. The second kappa shape index (κ2) is 4.15. The van der Waals surface area contributed by atoms with Crippen molar-refractivity contribution >= 4 is 0 Å². The van der Waals surface area contributed by atoms with Crippen LogP contribution >= 0.6 is 0 Å². The zero-order valence-corrected chi connectivity index (χ0v) is 6.88. The normalized spacial score (nSPS) is 43.0. The molecule has 0 aromatic heterocycles. The average Bonchev–Trinajstić information content (AvgIpc) is 2.08. The Balaban J connectivity index is 2.49. The third-order valence-corrected chi connectivity index (χ3v) is 1.85. The van der Waals surface area contributed by atoms with Crippen LogP contribution in [-0.2, 0) is 9.47 Å². The predicted molar refractivity (Wildman–Crippen MR) is 39.1 cm³/mol. The molecule has 0 aliphatic carbocycles. The lowest BCUT2D eigenvalue weighted by Crippen LogP contribution is -2.50. The van der Waals surface area contributed by atoms with Gasteiger partial charge in [-0.15, -0.1) is 0 Å². The van der Waals surface area contributed by atoms with E-state index >= 15 is 0 Å². The zero-order valence-electron chi connectivity index (χ0n) is 6.88. The smallest absolute Gasteiger partial charge is 0.184 e. The summed E-state index contributed by atoms with van der Waals surface area (Å²) < 4.78 is 9.85. The molecule has 1 aliphatic rings. The second-order valence-corrected chi connectivity index (χ2v) is 2.72. The van der Waals surface area contributed by atoms with E-state index in [1.165, 1.54) is 0 Å². The van der Waals surface area contributed by atoms with Crippen LogP contribution in [0.1, 0.15) is 13.3 Å². The van der Waals surface area contributed by atoms with Gasteiger partial charge < -0.3 is 24.8 Å². The number of aliphatic hydroxyl groups excluding tert-OH is 3. The maximum atomic E-state index is 9.22. The molecule has 1 fully saturated rings. The summed E-state index contributed by atoms with van der Waals surface area (Å²) in [5.41, 5.74) is 0. The van der Waals surface area contributed by atoms with Gasteiger partial charge in [0, 0.05) is 0 Å². The summed E-state index contributed by atoms with van der Waals surface area (Å²) in [6.45, 7) is 1.44. The number of aliphatic hydroxyl groups is 3. The maximum absolute atomic E-state index is 9.22. The molecule has 4 unspecified atom stereocenters. The molecule has 72 valence electrons. The molecule has 0 aromatic rings. The molecule has 3 N–H and O–H groups in total. The van der Waals surface area contributed by atoms with E-state index in [-0.39, 0.29) is 6.61 Å². The fourth-order valence-corrected chi connectivity index (χ4v) is 1.10. The van der Waals surface area contributed by atoms with E-state index in [0.717, 1.165) is 0 Å². The van der Waals surface area contributed by atoms with Gasteiger partial charge in [0.2, 0.25) is 0 Å². The summed E-state index contributed by atoms with van der Waals surface area (Å²) in [5, 5.41) is 27.1. The molecule has 0 bridgehead atoms. The summed E-state index contributed by atoms with van der Waals surface area (Å²) in [5.74, 6) is 0. The summed E-state index contributed by atoms with van der Waals surface area (Å²) in [6.07, 6.45) is -3.01. The van der Waals surface area contributed by atoms with Crippen LogP contribution in [0, 0.1) is 0 Å². The van der Waals surface area contributed by atoms with Crippen molar-refractivity contribution in [2.24, 2.45) is 0 Å². The topological polar surface area (TPSA) is 79.2 Å².